The van der Waals surface area contributed by atoms with E-state index in [2.05, 4.69) is 5.32 Å². The Morgan fingerprint density at radius 1 is 1.25 bits per heavy atom. The number of nitrogens with one attached hydrogen (secondary N) is 1. The standard InChI is InChI=1S/C15H14ClNO3/c1-10(20-12-6-4-5-11(16)9-12)15(19)17-13-7-2-3-8-14(13)18/h2-10,18H,1H3,(H,17,19)/t10-/m1/s1. The first kappa shape index (κ1) is 14.2. The Labute approximate surface area is 122 Å². The number of anilines is 1. The van der Waals surface area contributed by atoms with E-state index in [0.29, 0.717) is 16.5 Å². The van der Waals surface area contributed by atoms with Crippen LogP contribution in [-0.4, -0.2) is 17.1 Å². The van der Waals surface area contributed by atoms with Gasteiger partial charge in [-0.1, -0.05) is 29.8 Å². The normalized spacial score (nSPS) is 11.7. The summed E-state index contributed by atoms with van der Waals surface area (Å²) in [6, 6.07) is 13.3. The number of carbonyl (C=O) groups excluding carboxylic acids is 1. The molecule has 104 valence electrons. The van der Waals surface area contributed by atoms with Crippen LogP contribution in [-0.2, 0) is 4.79 Å². The van der Waals surface area contributed by atoms with Gasteiger partial charge in [0, 0.05) is 5.02 Å². The number of halogens is 1. The van der Waals surface area contributed by atoms with E-state index in [-0.39, 0.29) is 11.7 Å². The van der Waals surface area contributed by atoms with Gasteiger partial charge in [0.05, 0.1) is 5.69 Å². The summed E-state index contributed by atoms with van der Waals surface area (Å²) in [5.41, 5.74) is 0.346. The molecule has 2 N–H and O–H groups in total. The molecule has 0 radical (unpaired) electrons. The number of phenolic OH excluding ortho intramolecular Hbond substituents is 1. The number of ether oxygens (including phenoxy) is 1. The molecule has 1 atom stereocenters. The van der Waals surface area contributed by atoms with Gasteiger partial charge in [0.2, 0.25) is 0 Å². The summed E-state index contributed by atoms with van der Waals surface area (Å²) in [7, 11) is 0. The summed E-state index contributed by atoms with van der Waals surface area (Å²) in [5.74, 6) is 0.166. The third-order valence-corrected chi connectivity index (χ3v) is 2.88. The highest BCUT2D eigenvalue weighted by atomic mass is 35.5. The van der Waals surface area contributed by atoms with Crippen molar-refractivity contribution in [2.24, 2.45) is 0 Å². The van der Waals surface area contributed by atoms with E-state index in [4.69, 9.17) is 16.3 Å². The molecule has 0 bridgehead atoms. The first-order chi connectivity index (χ1) is 9.56. The van der Waals surface area contributed by atoms with Gasteiger partial charge in [0.15, 0.2) is 6.10 Å². The maximum atomic E-state index is 12.0. The zero-order valence-electron chi connectivity index (χ0n) is 10.8. The number of para-hydroxylation sites is 2. The van der Waals surface area contributed by atoms with Crippen molar-refractivity contribution in [1.29, 1.82) is 0 Å². The van der Waals surface area contributed by atoms with Gasteiger partial charge < -0.3 is 15.2 Å². The van der Waals surface area contributed by atoms with E-state index in [1.54, 1.807) is 49.4 Å². The van der Waals surface area contributed by atoms with Crippen LogP contribution in [0.25, 0.3) is 0 Å². The Hall–Kier alpha value is -2.20. The Morgan fingerprint density at radius 2 is 2.00 bits per heavy atom. The molecule has 2 aromatic rings. The topological polar surface area (TPSA) is 58.6 Å². The highest BCUT2D eigenvalue weighted by Crippen LogP contribution is 2.22. The van der Waals surface area contributed by atoms with Crippen molar-refractivity contribution in [1.82, 2.24) is 0 Å². The molecule has 5 heteroatoms. The van der Waals surface area contributed by atoms with E-state index >= 15 is 0 Å². The zero-order chi connectivity index (χ0) is 14.5. The molecule has 2 aromatic carbocycles. The van der Waals surface area contributed by atoms with Gasteiger partial charge in [-0.2, -0.15) is 0 Å². The zero-order valence-corrected chi connectivity index (χ0v) is 11.6. The molecular formula is C15H14ClNO3. The minimum atomic E-state index is -0.715. The van der Waals surface area contributed by atoms with Gasteiger partial charge in [0.1, 0.15) is 11.5 Å². The van der Waals surface area contributed by atoms with Crippen molar-refractivity contribution in [3.8, 4) is 11.5 Å². The maximum absolute atomic E-state index is 12.0. The molecule has 2 rings (SSSR count). The maximum Gasteiger partial charge on any atom is 0.265 e. The highest BCUT2D eigenvalue weighted by molar-refractivity contribution is 6.30. The Balaban J connectivity index is 2.01. The number of hydrogen-bond donors (Lipinski definition) is 2. The molecule has 0 fully saturated rings. The number of rotatable bonds is 4. The van der Waals surface area contributed by atoms with Crippen molar-refractivity contribution >= 4 is 23.2 Å². The monoisotopic (exact) mass is 291 g/mol. The molecule has 0 saturated heterocycles. The second-order valence-electron chi connectivity index (χ2n) is 4.22. The third kappa shape index (κ3) is 3.65. The number of phenols is 1. The molecule has 0 aliphatic heterocycles. The van der Waals surface area contributed by atoms with Crippen LogP contribution < -0.4 is 10.1 Å². The molecule has 0 unspecified atom stereocenters. The fourth-order valence-corrected chi connectivity index (χ4v) is 1.79. The SMILES string of the molecule is C[C@@H](Oc1cccc(Cl)c1)C(=O)Nc1ccccc1O. The number of aromatic hydroxyl groups is 1. The average molecular weight is 292 g/mol. The minimum absolute atomic E-state index is 0.0100. The lowest BCUT2D eigenvalue weighted by Crippen LogP contribution is -2.30. The summed E-state index contributed by atoms with van der Waals surface area (Å²) in [6.07, 6.45) is -0.715. The van der Waals surface area contributed by atoms with Crippen molar-refractivity contribution in [3.05, 3.63) is 53.6 Å². The molecule has 0 heterocycles. The summed E-state index contributed by atoms with van der Waals surface area (Å²) < 4.78 is 5.49. The van der Waals surface area contributed by atoms with Crippen LogP contribution in [0, 0.1) is 0 Å². The summed E-state index contributed by atoms with van der Waals surface area (Å²) >= 11 is 5.84. The predicted molar refractivity (Wildman–Crippen MR) is 78.3 cm³/mol. The van der Waals surface area contributed by atoms with Crippen LogP contribution in [0.5, 0.6) is 11.5 Å². The lowest BCUT2D eigenvalue weighted by Gasteiger charge is -2.15. The van der Waals surface area contributed by atoms with Gasteiger partial charge in [-0.15, -0.1) is 0 Å². The van der Waals surface area contributed by atoms with E-state index in [1.807, 2.05) is 0 Å². The number of benzene rings is 2. The van der Waals surface area contributed by atoms with Crippen LogP contribution >= 0.6 is 11.6 Å². The smallest absolute Gasteiger partial charge is 0.265 e. The van der Waals surface area contributed by atoms with Crippen molar-refractivity contribution < 1.29 is 14.6 Å². The molecule has 0 spiro atoms. The quantitative estimate of drug-likeness (QED) is 0.848. The van der Waals surface area contributed by atoms with Crippen LogP contribution in [0.1, 0.15) is 6.92 Å². The molecular weight excluding hydrogens is 278 g/mol. The summed E-state index contributed by atoms with van der Waals surface area (Å²) in [6.45, 7) is 1.62. The number of hydrogen-bond acceptors (Lipinski definition) is 3. The summed E-state index contributed by atoms with van der Waals surface area (Å²) in [4.78, 5) is 12.0. The fourth-order valence-electron chi connectivity index (χ4n) is 1.61. The first-order valence-corrected chi connectivity index (χ1v) is 6.45. The van der Waals surface area contributed by atoms with E-state index in [0.717, 1.165) is 0 Å². The van der Waals surface area contributed by atoms with Crippen molar-refractivity contribution in [2.75, 3.05) is 5.32 Å². The largest absolute Gasteiger partial charge is 0.506 e. The molecule has 0 aromatic heterocycles. The fraction of sp³-hybridized carbons (Fsp3) is 0.133. The van der Waals surface area contributed by atoms with Gasteiger partial charge in [-0.25, -0.2) is 0 Å². The number of carbonyl (C=O) groups is 1. The predicted octanol–water partition coefficient (Wildman–Crippen LogP) is 3.45. The van der Waals surface area contributed by atoms with E-state index in [1.165, 1.54) is 6.07 Å². The third-order valence-electron chi connectivity index (χ3n) is 2.64. The molecule has 1 amide bonds. The lowest BCUT2D eigenvalue weighted by molar-refractivity contribution is -0.122. The van der Waals surface area contributed by atoms with Crippen molar-refractivity contribution in [3.63, 3.8) is 0 Å². The second-order valence-corrected chi connectivity index (χ2v) is 4.66. The Bertz CT molecular complexity index is 616. The van der Waals surface area contributed by atoms with Gasteiger partial charge in [-0.05, 0) is 37.3 Å². The lowest BCUT2D eigenvalue weighted by atomic mass is 10.2. The number of amides is 1. The van der Waals surface area contributed by atoms with Crippen LogP contribution in [0.2, 0.25) is 5.02 Å². The van der Waals surface area contributed by atoms with Gasteiger partial charge in [-0.3, -0.25) is 4.79 Å². The van der Waals surface area contributed by atoms with Crippen molar-refractivity contribution in [2.45, 2.75) is 13.0 Å². The first-order valence-electron chi connectivity index (χ1n) is 6.07. The molecule has 0 aliphatic carbocycles. The van der Waals surface area contributed by atoms with Crippen LogP contribution in [0.4, 0.5) is 5.69 Å². The molecule has 0 saturated carbocycles. The minimum Gasteiger partial charge on any atom is -0.506 e. The van der Waals surface area contributed by atoms with E-state index in [9.17, 15) is 9.90 Å². The van der Waals surface area contributed by atoms with Gasteiger partial charge >= 0.3 is 0 Å². The van der Waals surface area contributed by atoms with Crippen LogP contribution in [0.15, 0.2) is 48.5 Å². The Kier molecular flexibility index (Phi) is 4.48. The average Bonchev–Trinajstić information content (AvgIpc) is 2.41. The highest BCUT2D eigenvalue weighted by Gasteiger charge is 2.16. The second kappa shape index (κ2) is 6.30. The molecule has 20 heavy (non-hydrogen) atoms. The molecule has 0 aliphatic rings. The van der Waals surface area contributed by atoms with E-state index < -0.39 is 6.10 Å². The summed E-state index contributed by atoms with van der Waals surface area (Å²) in [5, 5.41) is 12.7. The van der Waals surface area contributed by atoms with Gasteiger partial charge in [0.25, 0.3) is 5.91 Å². The van der Waals surface area contributed by atoms with Crippen LogP contribution in [0.3, 0.4) is 0 Å². The molecule has 4 nitrogen and oxygen atoms in total. The Morgan fingerprint density at radius 3 is 2.70 bits per heavy atom.